The van der Waals surface area contributed by atoms with Crippen LogP contribution < -0.4 is 0 Å². The fourth-order valence-corrected chi connectivity index (χ4v) is 11.8. The van der Waals surface area contributed by atoms with E-state index < -0.39 is 5.41 Å². The maximum absolute atomic E-state index is 6.61. The minimum Gasteiger partial charge on any atom is -0.436 e. The maximum atomic E-state index is 6.61. The zero-order valence-electron chi connectivity index (χ0n) is 40.7. The van der Waals surface area contributed by atoms with Gasteiger partial charge in [-0.25, -0.2) is 9.97 Å². The molecule has 2 aromatic heterocycles. The van der Waals surface area contributed by atoms with E-state index in [1.165, 1.54) is 61.2 Å². The van der Waals surface area contributed by atoms with E-state index in [-0.39, 0.29) is 10.8 Å². The quantitative estimate of drug-likeness (QED) is 0.176. The van der Waals surface area contributed by atoms with Crippen molar-refractivity contribution >= 4 is 43.7 Å². The molecule has 0 radical (unpaired) electrons. The Morgan fingerprint density at radius 2 is 0.775 bits per heavy atom. The van der Waals surface area contributed by atoms with Crippen LogP contribution in [0, 0.1) is 0 Å². The van der Waals surface area contributed by atoms with Gasteiger partial charge in [-0.15, -0.1) is 0 Å². The second-order valence-electron chi connectivity index (χ2n) is 21.8. The van der Waals surface area contributed by atoms with Crippen LogP contribution in [0.25, 0.3) is 111 Å². The molecule has 2 heterocycles. The van der Waals surface area contributed by atoms with Crippen LogP contribution >= 0.6 is 0 Å². The monoisotopic (exact) mass is 914 g/mol. The lowest BCUT2D eigenvalue weighted by Crippen LogP contribution is -2.27. The SMILES string of the molecule is CC(C)(C)c1ccc2c(c1)C1(c3ccccc3-c3ccc(-c4cccc(-c5cc(-c6nc7c(ccc8ccccc87)o6)cc(-c6nc7c(ccc8ccccc87)o6)c5)c4)cc31)c1cc(C(C)(C)C)ccc1-2. The number of hydrogen-bond acceptors (Lipinski definition) is 4. The molecule has 340 valence electrons. The normalized spacial score (nSPS) is 13.6. The topological polar surface area (TPSA) is 52.1 Å². The minimum atomic E-state index is -0.494. The van der Waals surface area contributed by atoms with Gasteiger partial charge >= 0.3 is 0 Å². The van der Waals surface area contributed by atoms with Crippen LogP contribution in [0.1, 0.15) is 74.9 Å². The summed E-state index contributed by atoms with van der Waals surface area (Å²) in [6, 6.07) is 71.1. The van der Waals surface area contributed by atoms with Crippen molar-refractivity contribution in [3.05, 3.63) is 228 Å². The van der Waals surface area contributed by atoms with Crippen molar-refractivity contribution in [1.82, 2.24) is 9.97 Å². The summed E-state index contributed by atoms with van der Waals surface area (Å²) in [5.74, 6) is 1.09. The summed E-state index contributed by atoms with van der Waals surface area (Å²) < 4.78 is 13.2. The molecule has 0 fully saturated rings. The predicted octanol–water partition coefficient (Wildman–Crippen LogP) is 17.9. The second kappa shape index (κ2) is 14.8. The second-order valence-corrected chi connectivity index (χ2v) is 21.8. The van der Waals surface area contributed by atoms with Crippen molar-refractivity contribution in [2.24, 2.45) is 0 Å². The van der Waals surface area contributed by atoms with Crippen molar-refractivity contribution in [2.45, 2.75) is 57.8 Å². The third-order valence-electron chi connectivity index (χ3n) is 15.4. The molecule has 2 aliphatic rings. The first-order valence-electron chi connectivity index (χ1n) is 24.8. The molecule has 0 N–H and O–H groups in total. The van der Waals surface area contributed by atoms with E-state index in [4.69, 9.17) is 18.8 Å². The van der Waals surface area contributed by atoms with Gasteiger partial charge in [-0.3, -0.25) is 0 Å². The Morgan fingerprint density at radius 1 is 0.338 bits per heavy atom. The van der Waals surface area contributed by atoms with E-state index in [0.717, 1.165) is 71.6 Å². The fourth-order valence-electron chi connectivity index (χ4n) is 11.8. The van der Waals surface area contributed by atoms with E-state index in [1.807, 2.05) is 12.1 Å². The summed E-state index contributed by atoms with van der Waals surface area (Å²) >= 11 is 0. The first-order valence-corrected chi connectivity index (χ1v) is 24.8. The molecule has 0 saturated carbocycles. The predicted molar refractivity (Wildman–Crippen MR) is 292 cm³/mol. The lowest BCUT2D eigenvalue weighted by atomic mass is 9.68. The molecule has 0 bridgehead atoms. The highest BCUT2D eigenvalue weighted by Gasteiger charge is 2.52. The van der Waals surface area contributed by atoms with Crippen LogP contribution in [-0.2, 0) is 16.2 Å². The number of oxazole rings is 2. The van der Waals surface area contributed by atoms with Gasteiger partial charge < -0.3 is 8.83 Å². The van der Waals surface area contributed by atoms with Crippen LogP contribution in [-0.4, -0.2) is 9.97 Å². The zero-order valence-corrected chi connectivity index (χ0v) is 40.7. The highest BCUT2D eigenvalue weighted by molar-refractivity contribution is 6.05. The Kier molecular flexibility index (Phi) is 8.70. The summed E-state index contributed by atoms with van der Waals surface area (Å²) in [7, 11) is 0. The summed E-state index contributed by atoms with van der Waals surface area (Å²) in [5.41, 5.74) is 22.0. The van der Waals surface area contributed by atoms with E-state index in [0.29, 0.717) is 11.8 Å². The molecule has 0 amide bonds. The first-order chi connectivity index (χ1) is 34.4. The van der Waals surface area contributed by atoms with Gasteiger partial charge in [-0.2, -0.15) is 0 Å². The third kappa shape index (κ3) is 6.23. The molecule has 0 aliphatic heterocycles. The molecule has 0 unspecified atom stereocenters. The Bertz CT molecular complexity index is 4010. The number of aromatic nitrogens is 2. The maximum Gasteiger partial charge on any atom is 0.227 e. The third-order valence-corrected chi connectivity index (χ3v) is 15.4. The summed E-state index contributed by atoms with van der Waals surface area (Å²) in [6.07, 6.45) is 0. The Hall–Kier alpha value is -8.34. The molecule has 10 aromatic carbocycles. The van der Waals surface area contributed by atoms with E-state index >= 15 is 0 Å². The van der Waals surface area contributed by atoms with E-state index in [2.05, 4.69) is 224 Å². The zero-order chi connectivity index (χ0) is 48.0. The molecule has 2 aliphatic carbocycles. The van der Waals surface area contributed by atoms with Crippen molar-refractivity contribution < 1.29 is 8.83 Å². The van der Waals surface area contributed by atoms with Crippen LogP contribution in [0.5, 0.6) is 0 Å². The lowest BCUT2D eigenvalue weighted by molar-refractivity contribution is 0.586. The lowest BCUT2D eigenvalue weighted by Gasteiger charge is -2.33. The highest BCUT2D eigenvalue weighted by Crippen LogP contribution is 2.64. The highest BCUT2D eigenvalue weighted by atomic mass is 16.4. The van der Waals surface area contributed by atoms with E-state index in [9.17, 15) is 0 Å². The molecule has 0 saturated heterocycles. The fraction of sp³-hybridized carbons (Fsp3) is 0.134. The average molecular weight is 915 g/mol. The molecule has 12 aromatic rings. The van der Waals surface area contributed by atoms with Gasteiger partial charge in [0.15, 0.2) is 11.2 Å². The van der Waals surface area contributed by atoms with Crippen molar-refractivity contribution in [1.29, 1.82) is 0 Å². The summed E-state index contributed by atoms with van der Waals surface area (Å²) in [5, 5.41) is 4.36. The summed E-state index contributed by atoms with van der Waals surface area (Å²) in [4.78, 5) is 10.3. The standard InChI is InChI=1S/C67H50N2O2/c1-65(2,3)47-25-28-53-54-29-26-48(66(4,5)6)38-58(54)67(57(53)37-47)55-21-12-11-20-51(55)52-27-22-43(36-56(52)67)41-16-13-17-42(32-41)44-33-45(63-68-61-49-18-9-7-14-39(49)23-30-59(61)70-63)35-46(34-44)64-69-62-50-19-10-8-15-40(50)24-31-60(62)71-64/h7-38H,1-6H3. The molecule has 14 rings (SSSR count). The molecular weight excluding hydrogens is 865 g/mol. The Balaban J connectivity index is 0.958. The number of hydrogen-bond donors (Lipinski definition) is 0. The van der Waals surface area contributed by atoms with Crippen LogP contribution in [0.15, 0.2) is 203 Å². The van der Waals surface area contributed by atoms with Crippen molar-refractivity contribution in [3.8, 4) is 67.4 Å². The minimum absolute atomic E-state index is 0.0221. The van der Waals surface area contributed by atoms with Gasteiger partial charge in [0, 0.05) is 21.9 Å². The van der Waals surface area contributed by atoms with Gasteiger partial charge in [0.05, 0.1) is 5.41 Å². The molecule has 0 atom stereocenters. The van der Waals surface area contributed by atoms with Crippen molar-refractivity contribution in [2.75, 3.05) is 0 Å². The smallest absolute Gasteiger partial charge is 0.227 e. The Labute approximate surface area is 413 Å². The van der Waals surface area contributed by atoms with Gasteiger partial charge in [0.2, 0.25) is 11.8 Å². The molecular formula is C67H50N2O2. The molecule has 4 heteroatoms. The van der Waals surface area contributed by atoms with E-state index in [1.54, 1.807) is 0 Å². The molecule has 4 nitrogen and oxygen atoms in total. The Morgan fingerprint density at radius 3 is 1.34 bits per heavy atom. The van der Waals surface area contributed by atoms with Gasteiger partial charge in [-0.05, 0) is 142 Å². The number of fused-ring (bicyclic) bond motifs is 16. The average Bonchev–Trinajstić information content (AvgIpc) is 4.17. The molecule has 1 spiro atoms. The number of benzene rings is 10. The number of rotatable bonds is 4. The van der Waals surface area contributed by atoms with Gasteiger partial charge in [0.25, 0.3) is 0 Å². The van der Waals surface area contributed by atoms with Gasteiger partial charge in [-0.1, -0.05) is 193 Å². The van der Waals surface area contributed by atoms with Crippen LogP contribution in [0.2, 0.25) is 0 Å². The first kappa shape index (κ1) is 41.6. The van der Waals surface area contributed by atoms with Crippen molar-refractivity contribution in [3.63, 3.8) is 0 Å². The number of nitrogens with zero attached hydrogens (tertiary/aromatic N) is 2. The summed E-state index contributed by atoms with van der Waals surface area (Å²) in [6.45, 7) is 13.9. The largest absolute Gasteiger partial charge is 0.436 e. The van der Waals surface area contributed by atoms with Crippen LogP contribution in [0.3, 0.4) is 0 Å². The molecule has 71 heavy (non-hydrogen) atoms. The van der Waals surface area contributed by atoms with Gasteiger partial charge in [0.1, 0.15) is 11.0 Å². The van der Waals surface area contributed by atoms with Crippen LogP contribution in [0.4, 0.5) is 0 Å².